The molecule has 0 aliphatic carbocycles. The third-order valence-corrected chi connectivity index (χ3v) is 3.69. The summed E-state index contributed by atoms with van der Waals surface area (Å²) in [6.45, 7) is 1.85. The second kappa shape index (κ2) is 7.44. The first kappa shape index (κ1) is 17.2. The number of nitrogens with one attached hydrogen (secondary N) is 2. The number of halogens is 2. The lowest BCUT2D eigenvalue weighted by atomic mass is 10.2. The van der Waals surface area contributed by atoms with E-state index in [-0.39, 0.29) is 0 Å². The standard InChI is InChI=1S/C16H16Cl2N2O3/c1-9-6-10(17)4-5-12(9)19-16(21)20-13-8-14(22-2)11(18)7-15(13)23-3/h4-8H,1-3H3,(H2,19,20,21). The van der Waals surface area contributed by atoms with Gasteiger partial charge in [0.1, 0.15) is 11.5 Å². The largest absolute Gasteiger partial charge is 0.495 e. The zero-order chi connectivity index (χ0) is 17.0. The maximum atomic E-state index is 12.2. The number of amides is 2. The average Bonchev–Trinajstić information content (AvgIpc) is 2.51. The van der Waals surface area contributed by atoms with Crippen molar-refractivity contribution in [2.45, 2.75) is 6.92 Å². The van der Waals surface area contributed by atoms with E-state index in [0.717, 1.165) is 5.56 Å². The van der Waals surface area contributed by atoms with Gasteiger partial charge < -0.3 is 20.1 Å². The maximum Gasteiger partial charge on any atom is 0.323 e. The van der Waals surface area contributed by atoms with E-state index in [2.05, 4.69) is 10.6 Å². The molecule has 122 valence electrons. The predicted molar refractivity (Wildman–Crippen MR) is 93.4 cm³/mol. The second-order valence-electron chi connectivity index (χ2n) is 4.73. The summed E-state index contributed by atoms with van der Waals surface area (Å²) in [5.74, 6) is 0.865. The van der Waals surface area contributed by atoms with Crippen molar-refractivity contribution in [2.75, 3.05) is 24.9 Å². The van der Waals surface area contributed by atoms with Crippen molar-refractivity contribution in [1.82, 2.24) is 0 Å². The molecule has 2 amide bonds. The van der Waals surface area contributed by atoms with Gasteiger partial charge in [-0.25, -0.2) is 4.79 Å². The van der Waals surface area contributed by atoms with E-state index in [1.54, 1.807) is 30.3 Å². The van der Waals surface area contributed by atoms with Crippen molar-refractivity contribution in [3.8, 4) is 11.5 Å². The van der Waals surface area contributed by atoms with E-state index in [1.807, 2.05) is 6.92 Å². The summed E-state index contributed by atoms with van der Waals surface area (Å²) in [6, 6.07) is 7.95. The fourth-order valence-electron chi connectivity index (χ4n) is 2.00. The molecule has 0 atom stereocenters. The third kappa shape index (κ3) is 4.21. The lowest BCUT2D eigenvalue weighted by Gasteiger charge is -2.14. The topological polar surface area (TPSA) is 59.6 Å². The number of hydrogen-bond acceptors (Lipinski definition) is 3. The van der Waals surface area contributed by atoms with Crippen molar-refractivity contribution in [3.63, 3.8) is 0 Å². The van der Waals surface area contributed by atoms with Crippen molar-refractivity contribution in [1.29, 1.82) is 0 Å². The summed E-state index contributed by atoms with van der Waals surface area (Å²) in [6.07, 6.45) is 0. The van der Waals surface area contributed by atoms with Gasteiger partial charge in [-0.2, -0.15) is 0 Å². The van der Waals surface area contributed by atoms with Gasteiger partial charge in [-0.1, -0.05) is 23.2 Å². The number of urea groups is 1. The number of methoxy groups -OCH3 is 2. The molecule has 2 rings (SSSR count). The highest BCUT2D eigenvalue weighted by molar-refractivity contribution is 6.32. The van der Waals surface area contributed by atoms with Gasteiger partial charge in [0.25, 0.3) is 0 Å². The molecule has 0 fully saturated rings. The van der Waals surface area contributed by atoms with Crippen LogP contribution in [0.4, 0.5) is 16.2 Å². The Morgan fingerprint density at radius 1 is 0.957 bits per heavy atom. The van der Waals surface area contributed by atoms with Gasteiger partial charge in [-0.15, -0.1) is 0 Å². The minimum absolute atomic E-state index is 0.392. The van der Waals surface area contributed by atoms with E-state index >= 15 is 0 Å². The van der Waals surface area contributed by atoms with E-state index in [1.165, 1.54) is 14.2 Å². The third-order valence-electron chi connectivity index (χ3n) is 3.16. The van der Waals surface area contributed by atoms with Gasteiger partial charge in [0.05, 0.1) is 24.9 Å². The van der Waals surface area contributed by atoms with Gasteiger partial charge in [0, 0.05) is 22.8 Å². The molecule has 0 heterocycles. The highest BCUT2D eigenvalue weighted by atomic mass is 35.5. The molecule has 23 heavy (non-hydrogen) atoms. The molecule has 5 nitrogen and oxygen atoms in total. The fraction of sp³-hybridized carbons (Fsp3) is 0.188. The monoisotopic (exact) mass is 354 g/mol. The van der Waals surface area contributed by atoms with Gasteiger partial charge in [-0.05, 0) is 30.7 Å². The number of carbonyl (C=O) groups is 1. The highest BCUT2D eigenvalue weighted by Crippen LogP contribution is 2.36. The number of aryl methyl sites for hydroxylation is 1. The number of ether oxygens (including phenoxy) is 2. The van der Waals surface area contributed by atoms with E-state index in [0.29, 0.717) is 32.9 Å². The molecule has 0 aliphatic heterocycles. The van der Waals surface area contributed by atoms with Crippen molar-refractivity contribution in [2.24, 2.45) is 0 Å². The Hall–Kier alpha value is -2.11. The van der Waals surface area contributed by atoms with Gasteiger partial charge in [0.15, 0.2) is 0 Å². The van der Waals surface area contributed by atoms with Gasteiger partial charge in [-0.3, -0.25) is 0 Å². The van der Waals surface area contributed by atoms with Crippen LogP contribution in [0.5, 0.6) is 11.5 Å². The molecule has 0 unspecified atom stereocenters. The Kier molecular flexibility index (Phi) is 5.58. The Morgan fingerprint density at radius 3 is 2.22 bits per heavy atom. The Bertz CT molecular complexity index is 736. The normalized spacial score (nSPS) is 10.1. The van der Waals surface area contributed by atoms with Crippen LogP contribution in [0.3, 0.4) is 0 Å². The highest BCUT2D eigenvalue weighted by Gasteiger charge is 2.13. The van der Waals surface area contributed by atoms with E-state index < -0.39 is 6.03 Å². The number of carbonyl (C=O) groups excluding carboxylic acids is 1. The number of hydrogen-bond donors (Lipinski definition) is 2. The molecule has 0 radical (unpaired) electrons. The van der Waals surface area contributed by atoms with E-state index in [9.17, 15) is 4.79 Å². The minimum atomic E-state index is -0.418. The summed E-state index contributed by atoms with van der Waals surface area (Å²) in [7, 11) is 2.99. The molecule has 0 spiro atoms. The smallest absolute Gasteiger partial charge is 0.323 e. The Labute approximate surface area is 144 Å². The number of benzene rings is 2. The fourth-order valence-corrected chi connectivity index (χ4v) is 2.46. The van der Waals surface area contributed by atoms with Crippen LogP contribution in [0.25, 0.3) is 0 Å². The van der Waals surface area contributed by atoms with Crippen LogP contribution in [-0.4, -0.2) is 20.3 Å². The van der Waals surface area contributed by atoms with Crippen LogP contribution in [0.2, 0.25) is 10.0 Å². The summed E-state index contributed by atoms with van der Waals surface area (Å²) in [4.78, 5) is 12.2. The van der Waals surface area contributed by atoms with Crippen molar-refractivity contribution < 1.29 is 14.3 Å². The zero-order valence-electron chi connectivity index (χ0n) is 12.9. The lowest BCUT2D eigenvalue weighted by Crippen LogP contribution is -2.20. The maximum absolute atomic E-state index is 12.2. The lowest BCUT2D eigenvalue weighted by molar-refractivity contribution is 0.262. The quantitative estimate of drug-likeness (QED) is 0.815. The molecule has 0 bridgehead atoms. The van der Waals surface area contributed by atoms with Gasteiger partial charge >= 0.3 is 6.03 Å². The second-order valence-corrected chi connectivity index (χ2v) is 5.57. The van der Waals surface area contributed by atoms with Crippen molar-refractivity contribution in [3.05, 3.63) is 45.9 Å². The predicted octanol–water partition coefficient (Wildman–Crippen LogP) is 4.96. The summed E-state index contributed by atoms with van der Waals surface area (Å²) in [5.41, 5.74) is 1.96. The molecule has 7 heteroatoms. The molecule has 2 aromatic rings. The number of anilines is 2. The first-order valence-electron chi connectivity index (χ1n) is 6.70. The van der Waals surface area contributed by atoms with Crippen LogP contribution in [0.1, 0.15) is 5.56 Å². The molecule has 0 saturated heterocycles. The molecule has 0 aliphatic rings. The van der Waals surface area contributed by atoms with Crippen LogP contribution < -0.4 is 20.1 Å². The van der Waals surface area contributed by atoms with E-state index in [4.69, 9.17) is 32.7 Å². The summed E-state index contributed by atoms with van der Waals surface area (Å²) >= 11 is 11.9. The zero-order valence-corrected chi connectivity index (χ0v) is 14.4. The molecule has 0 saturated carbocycles. The molecular weight excluding hydrogens is 339 g/mol. The molecule has 0 aromatic heterocycles. The van der Waals surface area contributed by atoms with Crippen LogP contribution >= 0.6 is 23.2 Å². The molecule has 2 aromatic carbocycles. The average molecular weight is 355 g/mol. The first-order valence-corrected chi connectivity index (χ1v) is 7.46. The Balaban J connectivity index is 2.19. The first-order chi connectivity index (χ1) is 10.9. The SMILES string of the molecule is COc1cc(NC(=O)Nc2ccc(Cl)cc2C)c(OC)cc1Cl. The van der Waals surface area contributed by atoms with Crippen LogP contribution in [0, 0.1) is 6.92 Å². The van der Waals surface area contributed by atoms with Crippen molar-refractivity contribution >= 4 is 40.6 Å². The molecule has 2 N–H and O–H groups in total. The minimum Gasteiger partial charge on any atom is -0.495 e. The van der Waals surface area contributed by atoms with Gasteiger partial charge in [0.2, 0.25) is 0 Å². The van der Waals surface area contributed by atoms with Crippen LogP contribution in [-0.2, 0) is 0 Å². The Morgan fingerprint density at radius 2 is 1.61 bits per heavy atom. The number of rotatable bonds is 4. The molecular formula is C16H16Cl2N2O3. The summed E-state index contributed by atoms with van der Waals surface area (Å²) in [5, 5.41) is 6.46. The van der Waals surface area contributed by atoms with Crippen LogP contribution in [0.15, 0.2) is 30.3 Å². The summed E-state index contributed by atoms with van der Waals surface area (Å²) < 4.78 is 10.4.